The van der Waals surface area contributed by atoms with Crippen molar-refractivity contribution < 1.29 is 42.3 Å². The number of rotatable bonds is 13. The normalized spacial score (nSPS) is 21.5. The van der Waals surface area contributed by atoms with Gasteiger partial charge in [0.25, 0.3) is 5.56 Å². The van der Waals surface area contributed by atoms with Crippen molar-refractivity contribution in [3.05, 3.63) is 16.7 Å². The van der Waals surface area contributed by atoms with Gasteiger partial charge in [0.1, 0.15) is 18.3 Å². The van der Waals surface area contributed by atoms with Crippen LogP contribution in [0.2, 0.25) is 0 Å². The Labute approximate surface area is 257 Å². The van der Waals surface area contributed by atoms with Crippen LogP contribution in [-0.4, -0.2) is 91.6 Å². The molecule has 4 atom stereocenters. The molecule has 0 aromatic carbocycles. The number of carbonyl (C=O) groups is 2. The lowest BCUT2D eigenvalue weighted by Crippen LogP contribution is -2.35. The fraction of sp³-hybridized carbons (Fsp3) is 0.720. The summed E-state index contributed by atoms with van der Waals surface area (Å²) in [5, 5.41) is 10.8. The quantitative estimate of drug-likeness (QED) is 0.208. The first-order valence-corrected chi connectivity index (χ1v) is 16.9. The second-order valence-electron chi connectivity index (χ2n) is 11.7. The number of anilines is 1. The van der Waals surface area contributed by atoms with E-state index < -0.39 is 55.4 Å². The number of H-pyrrole nitrogens is 1. The van der Waals surface area contributed by atoms with Crippen LogP contribution in [0.15, 0.2) is 11.1 Å². The zero-order chi connectivity index (χ0) is 32.2. The van der Waals surface area contributed by atoms with Crippen molar-refractivity contribution in [2.45, 2.75) is 66.1 Å². The number of nitrogens with one attached hydrogen (secondary N) is 1. The van der Waals surface area contributed by atoms with Crippen LogP contribution in [0.4, 0.5) is 5.95 Å². The summed E-state index contributed by atoms with van der Waals surface area (Å²) in [6, 6.07) is 0. The minimum atomic E-state index is -4.23. The number of nitrogen functional groups attached to an aromatic ring is 1. The van der Waals surface area contributed by atoms with Gasteiger partial charge in [-0.2, -0.15) is 4.98 Å². The molecule has 4 N–H and O–H groups in total. The van der Waals surface area contributed by atoms with Gasteiger partial charge in [-0.25, -0.2) is 9.55 Å². The molecule has 0 aliphatic carbocycles. The highest BCUT2D eigenvalue weighted by Gasteiger charge is 2.47. The molecule has 18 heteroatoms. The van der Waals surface area contributed by atoms with Gasteiger partial charge in [-0.15, -0.1) is 0 Å². The third kappa shape index (κ3) is 9.34. The average Bonchev–Trinajstić information content (AvgIpc) is 3.47. The van der Waals surface area contributed by atoms with Crippen molar-refractivity contribution in [2.75, 3.05) is 44.2 Å². The smallest absolute Gasteiger partial charge is 0.387 e. The van der Waals surface area contributed by atoms with Crippen LogP contribution < -0.4 is 11.3 Å². The van der Waals surface area contributed by atoms with Gasteiger partial charge < -0.3 is 20.3 Å². The first-order chi connectivity index (χ1) is 20.0. The van der Waals surface area contributed by atoms with Crippen molar-refractivity contribution >= 4 is 58.7 Å². The highest BCUT2D eigenvalue weighted by molar-refractivity contribution is 8.14. The van der Waals surface area contributed by atoms with Crippen LogP contribution in [0.5, 0.6) is 0 Å². The Morgan fingerprint density at radius 1 is 1.09 bits per heavy atom. The summed E-state index contributed by atoms with van der Waals surface area (Å²) >= 11 is 2.07. The molecule has 2 aromatic rings. The molecule has 1 fully saturated rings. The molecule has 1 aliphatic heterocycles. The highest BCUT2D eigenvalue weighted by atomic mass is 32.2. The van der Waals surface area contributed by atoms with E-state index in [1.807, 2.05) is 0 Å². The van der Waals surface area contributed by atoms with Gasteiger partial charge >= 0.3 is 7.82 Å². The molecule has 0 amide bonds. The fourth-order valence-corrected chi connectivity index (χ4v) is 6.74. The maximum absolute atomic E-state index is 13.6. The highest BCUT2D eigenvalue weighted by Crippen LogP contribution is 2.50. The van der Waals surface area contributed by atoms with Gasteiger partial charge in [0, 0.05) is 29.4 Å². The number of nitrogens with zero attached hydrogens (tertiary/aromatic N) is 3. The minimum absolute atomic E-state index is 0.0127. The molecule has 1 unspecified atom stereocenters. The summed E-state index contributed by atoms with van der Waals surface area (Å²) in [4.78, 5) is 47.2. The first kappa shape index (κ1) is 35.7. The predicted octanol–water partition coefficient (Wildman–Crippen LogP) is 2.74. The van der Waals surface area contributed by atoms with E-state index in [4.69, 9.17) is 28.8 Å². The van der Waals surface area contributed by atoms with Crippen LogP contribution in [0.1, 0.15) is 47.8 Å². The van der Waals surface area contributed by atoms with Crippen LogP contribution in [0, 0.1) is 10.8 Å². The molecule has 1 aliphatic rings. The lowest BCUT2D eigenvalue weighted by atomic mass is 9.99. The lowest BCUT2D eigenvalue weighted by Gasteiger charge is -2.22. The summed E-state index contributed by atoms with van der Waals surface area (Å²) < 4.78 is 43.0. The molecular formula is C25H40N5O10PS2. The predicted molar refractivity (Wildman–Crippen MR) is 163 cm³/mol. The topological polar surface area (TPSA) is 207 Å². The number of thioether (sulfide) groups is 2. The molecule has 1 saturated heterocycles. The van der Waals surface area contributed by atoms with Crippen molar-refractivity contribution in [3.8, 4) is 0 Å². The molecule has 242 valence electrons. The number of aliphatic hydroxyl groups excluding tert-OH is 1. The first-order valence-electron chi connectivity index (χ1n) is 13.4. The Balaban J connectivity index is 1.70. The zero-order valence-corrected chi connectivity index (χ0v) is 27.8. The largest absolute Gasteiger partial charge is 0.474 e. The van der Waals surface area contributed by atoms with E-state index in [2.05, 4.69) is 15.0 Å². The van der Waals surface area contributed by atoms with E-state index >= 15 is 0 Å². The van der Waals surface area contributed by atoms with Gasteiger partial charge in [-0.05, 0) is 0 Å². The third-order valence-corrected chi connectivity index (χ3v) is 10.0. The summed E-state index contributed by atoms with van der Waals surface area (Å²) in [6.45, 7) is 10.1. The number of methoxy groups -OCH3 is 1. The number of nitrogens with two attached hydrogens (primary N) is 1. The Morgan fingerprint density at radius 3 is 2.16 bits per heavy atom. The molecule has 0 saturated carbocycles. The van der Waals surface area contributed by atoms with Crippen LogP contribution in [0.25, 0.3) is 11.2 Å². The van der Waals surface area contributed by atoms with Crippen molar-refractivity contribution in [2.24, 2.45) is 10.8 Å². The maximum atomic E-state index is 13.6. The standard InChI is InChI=1S/C25H40N5O10PS2/c1-24(2,3)21(33)42-10-8-37-41(35,38-9-11-43-22(34)25(4,5)6)39-12-14-16(31)17(36-7)20(40-14)30-13-27-15-18(30)28-23(26)29-19(15)32/h13-14,16-17,20,31H,8-12H2,1-7H3,(H3,26,28,29,32)/t14-,16-,17-,20?/m1/s1. The Bertz CT molecular complexity index is 1350. The van der Waals surface area contributed by atoms with Gasteiger partial charge in [0.05, 0.1) is 26.1 Å². The number of phosphoric ester groups is 1. The third-order valence-electron chi connectivity index (χ3n) is 6.06. The number of aromatic amines is 1. The molecule has 2 aromatic heterocycles. The summed E-state index contributed by atoms with van der Waals surface area (Å²) in [5.74, 6) is 0.263. The molecular weight excluding hydrogens is 625 g/mol. The van der Waals surface area contributed by atoms with Crippen LogP contribution in [0.3, 0.4) is 0 Å². The molecule has 0 spiro atoms. The summed E-state index contributed by atoms with van der Waals surface area (Å²) in [6.07, 6.45) is -2.97. The second kappa shape index (κ2) is 14.5. The average molecular weight is 666 g/mol. The second-order valence-corrected chi connectivity index (χ2v) is 15.5. The molecule has 3 heterocycles. The van der Waals surface area contributed by atoms with Gasteiger partial charge in [-0.3, -0.25) is 37.5 Å². The Kier molecular flexibility index (Phi) is 12.0. The fourth-order valence-electron chi connectivity index (χ4n) is 3.74. The summed E-state index contributed by atoms with van der Waals surface area (Å²) in [5.41, 5.74) is 4.16. The Morgan fingerprint density at radius 2 is 1.65 bits per heavy atom. The van der Waals surface area contributed by atoms with Gasteiger partial charge in [0.15, 0.2) is 27.6 Å². The van der Waals surface area contributed by atoms with Gasteiger partial charge in [0.2, 0.25) is 5.95 Å². The molecule has 0 radical (unpaired) electrons. The molecule has 15 nitrogen and oxygen atoms in total. The van der Waals surface area contributed by atoms with Crippen molar-refractivity contribution in [1.82, 2.24) is 19.5 Å². The van der Waals surface area contributed by atoms with E-state index in [0.717, 1.165) is 23.5 Å². The number of imidazole rings is 1. The molecule has 43 heavy (non-hydrogen) atoms. The van der Waals surface area contributed by atoms with E-state index in [1.165, 1.54) is 18.0 Å². The van der Waals surface area contributed by atoms with E-state index in [1.54, 1.807) is 41.5 Å². The number of aliphatic hydroxyl groups is 1. The molecule has 3 rings (SSSR count). The number of hydrogen-bond acceptors (Lipinski definition) is 15. The number of hydrogen-bond donors (Lipinski definition) is 3. The van der Waals surface area contributed by atoms with E-state index in [-0.39, 0.29) is 52.1 Å². The zero-order valence-electron chi connectivity index (χ0n) is 25.2. The van der Waals surface area contributed by atoms with E-state index in [0.29, 0.717) is 0 Å². The lowest BCUT2D eigenvalue weighted by molar-refractivity contribution is -0.118. The number of carbonyl (C=O) groups excluding carboxylic acids is 2. The monoisotopic (exact) mass is 665 g/mol. The number of fused-ring (bicyclic) bond motifs is 1. The molecule has 0 bridgehead atoms. The van der Waals surface area contributed by atoms with Crippen molar-refractivity contribution in [3.63, 3.8) is 0 Å². The number of ether oxygens (including phenoxy) is 2. The minimum Gasteiger partial charge on any atom is -0.387 e. The SMILES string of the molecule is CO[C@H]1C(n2cnc3c(=O)[nH]c(N)nc32)O[C@H](COP(=O)(OCCSC(=O)C(C)(C)C)OCCSC(=O)C(C)(C)C)[C@H]1O. The van der Waals surface area contributed by atoms with Crippen molar-refractivity contribution in [1.29, 1.82) is 0 Å². The Hall–Kier alpha value is -1.82. The summed E-state index contributed by atoms with van der Waals surface area (Å²) in [7, 11) is -2.87. The maximum Gasteiger partial charge on any atom is 0.474 e. The number of aromatic nitrogens is 4. The van der Waals surface area contributed by atoms with Crippen LogP contribution >= 0.6 is 31.3 Å². The van der Waals surface area contributed by atoms with Crippen LogP contribution in [-0.2, 0) is 37.2 Å². The number of phosphoric acid groups is 1. The van der Waals surface area contributed by atoms with Gasteiger partial charge in [-0.1, -0.05) is 65.1 Å². The van der Waals surface area contributed by atoms with E-state index in [9.17, 15) is 24.1 Å².